The molecule has 1 rings (SSSR count). The third-order valence-corrected chi connectivity index (χ3v) is 1.72. The van der Waals surface area contributed by atoms with Gasteiger partial charge in [-0.15, -0.1) is 0 Å². The Labute approximate surface area is 66.7 Å². The van der Waals surface area contributed by atoms with Gasteiger partial charge in [-0.05, 0) is 13.8 Å². The average Bonchev–Trinajstić information content (AvgIpc) is 2.29. The summed E-state index contributed by atoms with van der Waals surface area (Å²) in [7, 11) is 0. The second-order valence-corrected chi connectivity index (χ2v) is 3.14. The summed E-state index contributed by atoms with van der Waals surface area (Å²) in [6, 6.07) is 0. The average molecular weight is 158 g/mol. The van der Waals surface area contributed by atoms with Gasteiger partial charge in [-0.3, -0.25) is 4.79 Å². The molecule has 3 nitrogen and oxygen atoms in total. The lowest BCUT2D eigenvalue weighted by Gasteiger charge is -2.16. The maximum atomic E-state index is 11.1. The van der Waals surface area contributed by atoms with Crippen molar-refractivity contribution in [1.29, 1.82) is 0 Å². The molecular formula is C8H14O3. The number of Topliss-reactive ketones (excluding diaryl/α,β-unsaturated/α-hetero) is 1. The highest BCUT2D eigenvalue weighted by molar-refractivity contribution is 5.83. The van der Waals surface area contributed by atoms with Gasteiger partial charge in [-0.25, -0.2) is 0 Å². The van der Waals surface area contributed by atoms with Crippen LogP contribution in [0.3, 0.4) is 0 Å². The standard InChI is InChI=1S/C8H14O3/c1-4-6(9)7-5-10-8(2,3)11-7/h7H,4-5H2,1-3H3/t7-/m0/s1. The van der Waals surface area contributed by atoms with Crippen LogP contribution in [-0.2, 0) is 14.3 Å². The van der Waals surface area contributed by atoms with Gasteiger partial charge in [0, 0.05) is 6.42 Å². The van der Waals surface area contributed by atoms with E-state index in [0.717, 1.165) is 0 Å². The normalized spacial score (nSPS) is 28.8. The second kappa shape index (κ2) is 2.91. The van der Waals surface area contributed by atoms with Gasteiger partial charge in [0.2, 0.25) is 0 Å². The zero-order chi connectivity index (χ0) is 8.48. The first-order valence-corrected chi connectivity index (χ1v) is 3.89. The Morgan fingerprint density at radius 1 is 1.64 bits per heavy atom. The van der Waals surface area contributed by atoms with Crippen LogP contribution in [0, 0.1) is 0 Å². The minimum Gasteiger partial charge on any atom is -0.347 e. The highest BCUT2D eigenvalue weighted by Gasteiger charge is 2.35. The predicted octanol–water partition coefficient (Wildman–Crippen LogP) is 1.12. The summed E-state index contributed by atoms with van der Waals surface area (Å²) in [5.41, 5.74) is 0. The van der Waals surface area contributed by atoms with Gasteiger partial charge in [-0.1, -0.05) is 6.92 Å². The van der Waals surface area contributed by atoms with Crippen LogP contribution < -0.4 is 0 Å². The van der Waals surface area contributed by atoms with E-state index in [1.54, 1.807) is 0 Å². The van der Waals surface area contributed by atoms with E-state index in [-0.39, 0.29) is 11.9 Å². The topological polar surface area (TPSA) is 35.5 Å². The van der Waals surface area contributed by atoms with E-state index in [1.807, 2.05) is 20.8 Å². The lowest BCUT2D eigenvalue weighted by molar-refractivity contribution is -0.151. The summed E-state index contributed by atoms with van der Waals surface area (Å²) in [6.07, 6.45) is 0.180. The van der Waals surface area contributed by atoms with Crippen LogP contribution in [0.5, 0.6) is 0 Å². The van der Waals surface area contributed by atoms with Crippen molar-refractivity contribution in [1.82, 2.24) is 0 Å². The van der Waals surface area contributed by atoms with E-state index in [9.17, 15) is 4.79 Å². The molecule has 0 unspecified atom stereocenters. The predicted molar refractivity (Wildman–Crippen MR) is 40.2 cm³/mol. The van der Waals surface area contributed by atoms with Crippen molar-refractivity contribution in [2.24, 2.45) is 0 Å². The third kappa shape index (κ3) is 2.01. The highest BCUT2D eigenvalue weighted by atomic mass is 16.7. The van der Waals surface area contributed by atoms with Crippen molar-refractivity contribution in [2.75, 3.05) is 6.61 Å². The fourth-order valence-corrected chi connectivity index (χ4v) is 1.07. The second-order valence-electron chi connectivity index (χ2n) is 3.14. The molecule has 0 aromatic carbocycles. The molecule has 0 spiro atoms. The monoisotopic (exact) mass is 158 g/mol. The van der Waals surface area contributed by atoms with Gasteiger partial charge >= 0.3 is 0 Å². The van der Waals surface area contributed by atoms with Crippen molar-refractivity contribution in [3.63, 3.8) is 0 Å². The Bertz CT molecular complexity index is 163. The van der Waals surface area contributed by atoms with Crippen LogP contribution in [0.25, 0.3) is 0 Å². The molecule has 0 aliphatic carbocycles. The summed E-state index contributed by atoms with van der Waals surface area (Å²) in [5, 5.41) is 0. The third-order valence-electron chi connectivity index (χ3n) is 1.72. The van der Waals surface area contributed by atoms with Crippen molar-refractivity contribution < 1.29 is 14.3 Å². The SMILES string of the molecule is CCC(=O)[C@@H]1COC(C)(C)O1. The number of hydrogen-bond acceptors (Lipinski definition) is 3. The number of ketones is 1. The van der Waals surface area contributed by atoms with E-state index < -0.39 is 5.79 Å². The Kier molecular flexibility index (Phi) is 2.30. The lowest BCUT2D eigenvalue weighted by Crippen LogP contribution is -2.26. The molecule has 0 aromatic heterocycles. The van der Waals surface area contributed by atoms with Crippen LogP contribution in [0.2, 0.25) is 0 Å². The van der Waals surface area contributed by atoms with Gasteiger partial charge in [0.25, 0.3) is 0 Å². The number of hydrogen-bond donors (Lipinski definition) is 0. The van der Waals surface area contributed by atoms with E-state index in [1.165, 1.54) is 0 Å². The zero-order valence-corrected chi connectivity index (χ0v) is 7.22. The fraction of sp³-hybridized carbons (Fsp3) is 0.875. The minimum atomic E-state index is -0.574. The Morgan fingerprint density at radius 3 is 2.64 bits per heavy atom. The smallest absolute Gasteiger partial charge is 0.163 e. The molecule has 0 aromatic rings. The number of carbonyl (C=O) groups excluding carboxylic acids is 1. The molecule has 1 fully saturated rings. The molecule has 0 bridgehead atoms. The Balaban J connectivity index is 2.48. The first-order valence-electron chi connectivity index (χ1n) is 3.89. The maximum absolute atomic E-state index is 11.1. The summed E-state index contributed by atoms with van der Waals surface area (Å²) in [5.74, 6) is -0.453. The van der Waals surface area contributed by atoms with Crippen molar-refractivity contribution in [3.05, 3.63) is 0 Å². The largest absolute Gasteiger partial charge is 0.347 e. The zero-order valence-electron chi connectivity index (χ0n) is 7.22. The summed E-state index contributed by atoms with van der Waals surface area (Å²) < 4.78 is 10.6. The van der Waals surface area contributed by atoms with E-state index in [0.29, 0.717) is 13.0 Å². The van der Waals surface area contributed by atoms with Gasteiger partial charge < -0.3 is 9.47 Å². The molecule has 0 saturated carbocycles. The molecular weight excluding hydrogens is 144 g/mol. The van der Waals surface area contributed by atoms with Crippen LogP contribution in [0.1, 0.15) is 27.2 Å². The number of rotatable bonds is 2. The first kappa shape index (κ1) is 8.68. The van der Waals surface area contributed by atoms with Crippen molar-refractivity contribution in [2.45, 2.75) is 39.1 Å². The van der Waals surface area contributed by atoms with E-state index in [2.05, 4.69) is 0 Å². The Hall–Kier alpha value is -0.410. The van der Waals surface area contributed by atoms with Crippen LogP contribution in [0.15, 0.2) is 0 Å². The summed E-state index contributed by atoms with van der Waals surface area (Å²) in [6.45, 7) is 5.86. The molecule has 1 saturated heterocycles. The molecule has 11 heavy (non-hydrogen) atoms. The van der Waals surface area contributed by atoms with E-state index in [4.69, 9.17) is 9.47 Å². The molecule has 1 aliphatic heterocycles. The van der Waals surface area contributed by atoms with Crippen LogP contribution >= 0.6 is 0 Å². The van der Waals surface area contributed by atoms with Gasteiger partial charge in [-0.2, -0.15) is 0 Å². The number of ether oxygens (including phenoxy) is 2. The molecule has 64 valence electrons. The number of carbonyl (C=O) groups is 1. The highest BCUT2D eigenvalue weighted by Crippen LogP contribution is 2.22. The van der Waals surface area contributed by atoms with Crippen LogP contribution in [0.4, 0.5) is 0 Å². The van der Waals surface area contributed by atoms with Gasteiger partial charge in [0.15, 0.2) is 11.6 Å². The fourth-order valence-electron chi connectivity index (χ4n) is 1.07. The van der Waals surface area contributed by atoms with Crippen molar-refractivity contribution >= 4 is 5.78 Å². The quantitative estimate of drug-likeness (QED) is 0.604. The first-order chi connectivity index (χ1) is 5.05. The maximum Gasteiger partial charge on any atom is 0.163 e. The molecule has 0 amide bonds. The van der Waals surface area contributed by atoms with Crippen LogP contribution in [-0.4, -0.2) is 24.3 Å². The molecule has 1 aliphatic rings. The summed E-state index contributed by atoms with van der Waals surface area (Å²) in [4.78, 5) is 11.1. The molecule has 0 radical (unpaired) electrons. The van der Waals surface area contributed by atoms with Gasteiger partial charge in [0.05, 0.1) is 6.61 Å². The summed E-state index contributed by atoms with van der Waals surface area (Å²) >= 11 is 0. The molecule has 0 N–H and O–H groups in total. The molecule has 1 atom stereocenters. The molecule has 1 heterocycles. The van der Waals surface area contributed by atoms with Crippen molar-refractivity contribution in [3.8, 4) is 0 Å². The Morgan fingerprint density at radius 2 is 2.27 bits per heavy atom. The molecule has 3 heteroatoms. The minimum absolute atomic E-state index is 0.121. The lowest BCUT2D eigenvalue weighted by atomic mass is 10.2. The van der Waals surface area contributed by atoms with E-state index >= 15 is 0 Å². The van der Waals surface area contributed by atoms with Gasteiger partial charge in [0.1, 0.15) is 6.10 Å².